The van der Waals surface area contributed by atoms with Crippen LogP contribution in [0.1, 0.15) is 23.4 Å². The molecule has 1 fully saturated rings. The van der Waals surface area contributed by atoms with Gasteiger partial charge in [0.15, 0.2) is 5.37 Å². The number of hydrogen-bond acceptors (Lipinski definition) is 7. The van der Waals surface area contributed by atoms with Crippen molar-refractivity contribution in [3.63, 3.8) is 0 Å². The molecule has 1 saturated heterocycles. The summed E-state index contributed by atoms with van der Waals surface area (Å²) in [6.45, 7) is 2.27. The van der Waals surface area contributed by atoms with Gasteiger partial charge in [0.2, 0.25) is 9.84 Å². The minimum atomic E-state index is -4.26. The number of non-ortho nitro benzene ring substituents is 1. The molecular formula is C27H24N2O7S. The second-order valence-electron chi connectivity index (χ2n) is 7.98. The summed E-state index contributed by atoms with van der Waals surface area (Å²) in [5.41, 5.74) is 0.836. The number of para-hydroxylation sites is 1. The van der Waals surface area contributed by atoms with Crippen LogP contribution >= 0.6 is 0 Å². The zero-order valence-corrected chi connectivity index (χ0v) is 20.9. The summed E-state index contributed by atoms with van der Waals surface area (Å²) in [4.78, 5) is 25.0. The van der Waals surface area contributed by atoms with Gasteiger partial charge >= 0.3 is 0 Å². The Hall–Kier alpha value is -4.44. The number of sulfone groups is 1. The molecule has 0 radical (unpaired) electrons. The summed E-state index contributed by atoms with van der Waals surface area (Å²) >= 11 is 0. The van der Waals surface area contributed by atoms with E-state index in [-0.39, 0.29) is 11.3 Å². The number of anilines is 1. The zero-order chi connectivity index (χ0) is 26.6. The summed E-state index contributed by atoms with van der Waals surface area (Å²) in [6.07, 6.45) is 4.34. The lowest BCUT2D eigenvalue weighted by Crippen LogP contribution is -2.29. The number of carbonyl (C=O) groups excluding carboxylic acids is 1. The molecule has 0 aromatic heterocycles. The van der Waals surface area contributed by atoms with E-state index in [1.54, 1.807) is 54.6 Å². The molecule has 4 rings (SSSR count). The Morgan fingerprint density at radius 3 is 2.46 bits per heavy atom. The highest BCUT2D eigenvalue weighted by atomic mass is 32.2. The Bertz CT molecular complexity index is 1500. The summed E-state index contributed by atoms with van der Waals surface area (Å²) in [6, 6.07) is 18.9. The third kappa shape index (κ3) is 5.10. The number of allylic oxidation sites excluding steroid dienone is 2. The van der Waals surface area contributed by atoms with Gasteiger partial charge in [0.1, 0.15) is 16.4 Å². The van der Waals surface area contributed by atoms with Crippen molar-refractivity contribution in [3.8, 4) is 11.5 Å². The average molecular weight is 521 g/mol. The maximum absolute atomic E-state index is 13.7. The molecule has 37 heavy (non-hydrogen) atoms. The predicted octanol–water partition coefficient (Wildman–Crippen LogP) is 5.06. The minimum Gasteiger partial charge on any atom is -0.496 e. The van der Waals surface area contributed by atoms with Crippen LogP contribution in [0.4, 0.5) is 11.4 Å². The number of nitrogens with zero attached hydrogens (tertiary/aromatic N) is 2. The molecule has 190 valence electrons. The van der Waals surface area contributed by atoms with Gasteiger partial charge in [0.25, 0.3) is 11.6 Å². The highest BCUT2D eigenvalue weighted by Crippen LogP contribution is 2.43. The van der Waals surface area contributed by atoms with E-state index < -0.39 is 30.9 Å². The van der Waals surface area contributed by atoms with Crippen LogP contribution in [0.15, 0.2) is 89.9 Å². The van der Waals surface area contributed by atoms with Crippen LogP contribution in [-0.2, 0) is 14.6 Å². The van der Waals surface area contributed by atoms with Crippen LogP contribution in [0.5, 0.6) is 11.5 Å². The fourth-order valence-electron chi connectivity index (χ4n) is 4.06. The molecule has 0 bridgehead atoms. The molecule has 1 heterocycles. The first kappa shape index (κ1) is 25.6. The number of ether oxygens (including phenoxy) is 2. The van der Waals surface area contributed by atoms with Gasteiger partial charge in [0, 0.05) is 23.4 Å². The first-order valence-electron chi connectivity index (χ1n) is 11.3. The summed E-state index contributed by atoms with van der Waals surface area (Å²) < 4.78 is 38.2. The smallest absolute Gasteiger partial charge is 0.271 e. The van der Waals surface area contributed by atoms with Crippen molar-refractivity contribution >= 4 is 33.2 Å². The first-order chi connectivity index (χ1) is 17.8. The lowest BCUT2D eigenvalue weighted by atomic mass is 10.1. The van der Waals surface area contributed by atoms with E-state index in [0.29, 0.717) is 29.4 Å². The van der Waals surface area contributed by atoms with E-state index in [9.17, 15) is 23.3 Å². The second-order valence-corrected chi connectivity index (χ2v) is 9.96. The number of nitro benzene ring substituents is 1. The zero-order valence-electron chi connectivity index (χ0n) is 20.1. The fraction of sp³-hybridized carbons (Fsp3) is 0.148. The second kappa shape index (κ2) is 10.7. The molecule has 0 aliphatic carbocycles. The molecule has 3 aromatic carbocycles. The van der Waals surface area contributed by atoms with Crippen molar-refractivity contribution in [2.24, 2.45) is 0 Å². The molecule has 3 aromatic rings. The maximum Gasteiger partial charge on any atom is 0.271 e. The molecular weight excluding hydrogens is 496 g/mol. The number of amides is 1. The Balaban J connectivity index is 1.82. The number of rotatable bonds is 8. The molecule has 0 N–H and O–H groups in total. The Morgan fingerprint density at radius 1 is 1.05 bits per heavy atom. The molecule has 1 amide bonds. The van der Waals surface area contributed by atoms with E-state index in [0.717, 1.165) is 4.90 Å². The van der Waals surface area contributed by atoms with Crippen LogP contribution < -0.4 is 14.4 Å². The van der Waals surface area contributed by atoms with Gasteiger partial charge in [0.05, 0.1) is 18.6 Å². The van der Waals surface area contributed by atoms with Gasteiger partial charge in [-0.3, -0.25) is 19.8 Å². The molecule has 1 aliphatic heterocycles. The lowest BCUT2D eigenvalue weighted by Gasteiger charge is -2.23. The predicted molar refractivity (Wildman–Crippen MR) is 140 cm³/mol. The highest BCUT2D eigenvalue weighted by Gasteiger charge is 2.50. The van der Waals surface area contributed by atoms with Crippen molar-refractivity contribution in [3.05, 3.63) is 111 Å². The summed E-state index contributed by atoms with van der Waals surface area (Å²) in [5.74, 6) is 0.400. The van der Waals surface area contributed by atoms with Crippen molar-refractivity contribution in [2.45, 2.75) is 12.3 Å². The van der Waals surface area contributed by atoms with Crippen molar-refractivity contribution in [2.75, 3.05) is 18.6 Å². The fourth-order valence-corrected chi connectivity index (χ4v) is 5.91. The van der Waals surface area contributed by atoms with E-state index in [2.05, 4.69) is 0 Å². The quantitative estimate of drug-likeness (QED) is 0.232. The Kier molecular flexibility index (Phi) is 7.40. The van der Waals surface area contributed by atoms with Gasteiger partial charge in [-0.2, -0.15) is 0 Å². The largest absolute Gasteiger partial charge is 0.496 e. The van der Waals surface area contributed by atoms with Crippen LogP contribution in [0, 0.1) is 10.1 Å². The summed E-state index contributed by atoms with van der Waals surface area (Å²) in [5, 5.41) is 9.89. The number of hydrogen-bond donors (Lipinski definition) is 0. The van der Waals surface area contributed by atoms with Crippen LogP contribution in [-0.4, -0.2) is 33.0 Å². The molecule has 0 saturated carbocycles. The lowest BCUT2D eigenvalue weighted by molar-refractivity contribution is -0.384. The number of nitro groups is 1. The Morgan fingerprint density at radius 2 is 1.78 bits per heavy atom. The first-order valence-corrected chi connectivity index (χ1v) is 12.9. The van der Waals surface area contributed by atoms with E-state index in [1.165, 1.54) is 43.5 Å². The highest BCUT2D eigenvalue weighted by molar-refractivity contribution is 7.97. The third-order valence-corrected chi connectivity index (χ3v) is 7.71. The maximum atomic E-state index is 13.7. The normalized spacial score (nSPS) is 17.9. The monoisotopic (exact) mass is 520 g/mol. The number of methoxy groups -OCH3 is 1. The van der Waals surface area contributed by atoms with Crippen molar-refractivity contribution < 1.29 is 27.6 Å². The topological polar surface area (TPSA) is 116 Å². The van der Waals surface area contributed by atoms with Crippen molar-refractivity contribution in [1.29, 1.82) is 0 Å². The van der Waals surface area contributed by atoms with Gasteiger partial charge in [-0.05, 0) is 48.9 Å². The molecule has 0 spiro atoms. The van der Waals surface area contributed by atoms with Gasteiger partial charge in [-0.25, -0.2) is 8.42 Å². The van der Waals surface area contributed by atoms with Gasteiger partial charge in [-0.15, -0.1) is 0 Å². The minimum absolute atomic E-state index is 0.105. The third-order valence-electron chi connectivity index (χ3n) is 5.72. The molecule has 1 aliphatic rings. The molecule has 1 atom stereocenters. The molecule has 10 heteroatoms. The van der Waals surface area contributed by atoms with Crippen LogP contribution in [0.25, 0.3) is 6.08 Å². The Labute approximate surface area is 214 Å². The SMILES string of the molecule is CCOc1ccc(N2C(=O)C(=CC=Cc3ccccc3OC)S(=O)(=O)C2c2cccc([N+](=O)[O-])c2)cc1. The van der Waals surface area contributed by atoms with E-state index in [4.69, 9.17) is 9.47 Å². The number of carbonyl (C=O) groups is 1. The van der Waals surface area contributed by atoms with E-state index >= 15 is 0 Å². The molecule has 1 unspecified atom stereocenters. The molecule has 9 nitrogen and oxygen atoms in total. The van der Waals surface area contributed by atoms with Crippen LogP contribution in [0.2, 0.25) is 0 Å². The average Bonchev–Trinajstić information content (AvgIpc) is 3.09. The van der Waals surface area contributed by atoms with Gasteiger partial charge in [-0.1, -0.05) is 42.5 Å². The number of benzene rings is 3. The van der Waals surface area contributed by atoms with Crippen LogP contribution in [0.3, 0.4) is 0 Å². The standard InChI is InChI=1S/C27H24N2O7S/c1-3-36-23-16-14-21(15-17-23)28-26(30)25(13-7-9-19-8-4-5-12-24(19)35-2)37(33,34)27(28)20-10-6-11-22(18-20)29(31)32/h4-18,27H,3H2,1-2H3. The summed E-state index contributed by atoms with van der Waals surface area (Å²) in [7, 11) is -2.74. The van der Waals surface area contributed by atoms with Gasteiger partial charge < -0.3 is 9.47 Å². The van der Waals surface area contributed by atoms with E-state index in [1.807, 2.05) is 6.92 Å². The van der Waals surface area contributed by atoms with Crippen molar-refractivity contribution in [1.82, 2.24) is 0 Å².